The van der Waals surface area contributed by atoms with Crippen LogP contribution in [-0.2, 0) is 4.79 Å². The zero-order valence-electron chi connectivity index (χ0n) is 6.47. The van der Waals surface area contributed by atoms with Gasteiger partial charge in [0.2, 0.25) is 5.91 Å². The second-order valence-electron chi connectivity index (χ2n) is 2.41. The van der Waals surface area contributed by atoms with E-state index in [1.165, 1.54) is 12.4 Å². The fraction of sp³-hybridized carbons (Fsp3) is 0.286. The van der Waals surface area contributed by atoms with Crippen molar-refractivity contribution in [3.05, 3.63) is 24.3 Å². The Morgan fingerprint density at radius 1 is 1.58 bits per heavy atom. The van der Waals surface area contributed by atoms with Gasteiger partial charge in [-0.3, -0.25) is 14.8 Å². The molecule has 1 atom stereocenters. The molecule has 1 rings (SSSR count). The van der Waals surface area contributed by atoms with E-state index in [4.69, 9.17) is 11.5 Å². The molecule has 12 heavy (non-hydrogen) atoms. The van der Waals surface area contributed by atoms with Crippen LogP contribution >= 0.6 is 0 Å². The van der Waals surface area contributed by atoms with Gasteiger partial charge in [0.05, 0.1) is 11.7 Å². The predicted molar refractivity (Wildman–Crippen MR) is 42.8 cm³/mol. The summed E-state index contributed by atoms with van der Waals surface area (Å²) < 4.78 is 0. The van der Waals surface area contributed by atoms with Gasteiger partial charge in [0.1, 0.15) is 0 Å². The largest absolute Gasteiger partial charge is 0.370 e. The van der Waals surface area contributed by atoms with Gasteiger partial charge < -0.3 is 11.5 Å². The minimum Gasteiger partial charge on any atom is -0.370 e. The fourth-order valence-corrected chi connectivity index (χ4v) is 0.823. The second-order valence-corrected chi connectivity index (χ2v) is 2.41. The van der Waals surface area contributed by atoms with Gasteiger partial charge in [-0.1, -0.05) is 0 Å². The number of nitrogens with two attached hydrogens (primary N) is 2. The maximum atomic E-state index is 10.5. The molecule has 0 aromatic carbocycles. The summed E-state index contributed by atoms with van der Waals surface area (Å²) in [7, 11) is 0. The number of primary amides is 1. The first kappa shape index (κ1) is 8.61. The molecule has 0 saturated heterocycles. The van der Waals surface area contributed by atoms with Crippen LogP contribution in [-0.4, -0.2) is 15.9 Å². The van der Waals surface area contributed by atoms with E-state index in [-0.39, 0.29) is 6.42 Å². The Morgan fingerprint density at radius 2 is 2.33 bits per heavy atom. The monoisotopic (exact) mass is 166 g/mol. The van der Waals surface area contributed by atoms with Crippen molar-refractivity contribution in [1.29, 1.82) is 0 Å². The van der Waals surface area contributed by atoms with Crippen LogP contribution < -0.4 is 11.5 Å². The molecule has 1 amide bonds. The molecule has 0 aliphatic heterocycles. The summed E-state index contributed by atoms with van der Waals surface area (Å²) in [6.07, 6.45) is 4.68. The first-order valence-corrected chi connectivity index (χ1v) is 3.50. The lowest BCUT2D eigenvalue weighted by molar-refractivity contribution is -0.118. The number of carbonyl (C=O) groups excluding carboxylic acids is 1. The van der Waals surface area contributed by atoms with Crippen LogP contribution in [0.5, 0.6) is 0 Å². The van der Waals surface area contributed by atoms with Crippen LogP contribution in [0.2, 0.25) is 0 Å². The van der Waals surface area contributed by atoms with Crippen molar-refractivity contribution >= 4 is 5.91 Å². The maximum absolute atomic E-state index is 10.5. The van der Waals surface area contributed by atoms with Crippen molar-refractivity contribution in [1.82, 2.24) is 9.97 Å². The number of hydrogen-bond acceptors (Lipinski definition) is 4. The fourth-order valence-electron chi connectivity index (χ4n) is 0.823. The molecule has 0 radical (unpaired) electrons. The van der Waals surface area contributed by atoms with Gasteiger partial charge in [-0.2, -0.15) is 0 Å². The summed E-state index contributed by atoms with van der Waals surface area (Å²) in [6.45, 7) is 0. The molecule has 0 spiro atoms. The van der Waals surface area contributed by atoms with E-state index >= 15 is 0 Å². The van der Waals surface area contributed by atoms with Crippen molar-refractivity contribution < 1.29 is 4.79 Å². The van der Waals surface area contributed by atoms with E-state index < -0.39 is 11.9 Å². The molecule has 0 saturated carbocycles. The molecule has 0 aliphatic rings. The van der Waals surface area contributed by atoms with Gasteiger partial charge in [-0.05, 0) is 0 Å². The molecule has 5 nitrogen and oxygen atoms in total. The van der Waals surface area contributed by atoms with Crippen molar-refractivity contribution in [2.24, 2.45) is 11.5 Å². The van der Waals surface area contributed by atoms with Gasteiger partial charge >= 0.3 is 0 Å². The van der Waals surface area contributed by atoms with Crippen LogP contribution in [0.1, 0.15) is 18.2 Å². The van der Waals surface area contributed by atoms with Crippen molar-refractivity contribution in [3.8, 4) is 0 Å². The standard InChI is InChI=1S/C7H10N4O/c8-5(3-7(9)12)6-4-10-1-2-11-6/h1-2,4-5H,3,8H2,(H2,9,12)/t5-/m1/s1. The smallest absolute Gasteiger partial charge is 0.219 e. The molecule has 5 heteroatoms. The highest BCUT2D eigenvalue weighted by Crippen LogP contribution is 2.07. The van der Waals surface area contributed by atoms with Gasteiger partial charge in [0, 0.05) is 25.0 Å². The number of hydrogen-bond donors (Lipinski definition) is 2. The summed E-state index contributed by atoms with van der Waals surface area (Å²) in [5, 5.41) is 0. The first-order chi connectivity index (χ1) is 5.70. The van der Waals surface area contributed by atoms with E-state index in [0.29, 0.717) is 5.69 Å². The Bertz CT molecular complexity index is 261. The van der Waals surface area contributed by atoms with Crippen LogP contribution in [0.25, 0.3) is 0 Å². The first-order valence-electron chi connectivity index (χ1n) is 3.50. The Balaban J connectivity index is 2.65. The summed E-state index contributed by atoms with van der Waals surface area (Å²) in [5.41, 5.74) is 11.1. The molecular formula is C7H10N4O. The topological polar surface area (TPSA) is 94.9 Å². The van der Waals surface area contributed by atoms with Crippen molar-refractivity contribution in [2.75, 3.05) is 0 Å². The molecule has 0 bridgehead atoms. The Morgan fingerprint density at radius 3 is 2.83 bits per heavy atom. The Labute approximate surface area is 69.8 Å². The van der Waals surface area contributed by atoms with E-state index in [1.54, 1.807) is 6.20 Å². The summed E-state index contributed by atoms with van der Waals surface area (Å²) in [5.74, 6) is -0.437. The molecule has 64 valence electrons. The lowest BCUT2D eigenvalue weighted by atomic mass is 10.1. The third-order valence-electron chi connectivity index (χ3n) is 1.38. The van der Waals surface area contributed by atoms with Crippen molar-refractivity contribution in [3.63, 3.8) is 0 Å². The average Bonchev–Trinajstić information content (AvgIpc) is 2.05. The van der Waals surface area contributed by atoms with Crippen LogP contribution in [0.15, 0.2) is 18.6 Å². The quantitative estimate of drug-likeness (QED) is 0.623. The van der Waals surface area contributed by atoms with Crippen LogP contribution in [0.3, 0.4) is 0 Å². The minimum absolute atomic E-state index is 0.0959. The van der Waals surface area contributed by atoms with Crippen molar-refractivity contribution in [2.45, 2.75) is 12.5 Å². The molecule has 0 aliphatic carbocycles. The zero-order chi connectivity index (χ0) is 8.97. The van der Waals surface area contributed by atoms with E-state index in [1.807, 2.05) is 0 Å². The molecular weight excluding hydrogens is 156 g/mol. The lowest BCUT2D eigenvalue weighted by Gasteiger charge is -2.06. The third kappa shape index (κ3) is 2.28. The molecule has 1 aromatic rings. The highest BCUT2D eigenvalue weighted by atomic mass is 16.1. The van der Waals surface area contributed by atoms with E-state index in [9.17, 15) is 4.79 Å². The van der Waals surface area contributed by atoms with Gasteiger partial charge in [0.25, 0.3) is 0 Å². The number of aromatic nitrogens is 2. The molecule has 0 unspecified atom stereocenters. The van der Waals surface area contributed by atoms with E-state index in [0.717, 1.165) is 0 Å². The number of nitrogens with zero attached hydrogens (tertiary/aromatic N) is 2. The lowest BCUT2D eigenvalue weighted by Crippen LogP contribution is -2.21. The second kappa shape index (κ2) is 3.77. The Hall–Kier alpha value is -1.49. The SMILES string of the molecule is NC(=O)C[C@@H](N)c1cnccn1. The minimum atomic E-state index is -0.448. The van der Waals surface area contributed by atoms with Crippen LogP contribution in [0.4, 0.5) is 0 Å². The van der Waals surface area contributed by atoms with Crippen LogP contribution in [0, 0.1) is 0 Å². The number of rotatable bonds is 3. The number of amides is 1. The summed E-state index contributed by atoms with van der Waals surface area (Å²) in [6, 6.07) is -0.448. The van der Waals surface area contributed by atoms with Gasteiger partial charge in [0.15, 0.2) is 0 Å². The van der Waals surface area contributed by atoms with Gasteiger partial charge in [-0.25, -0.2) is 0 Å². The predicted octanol–water partition coefficient (Wildman–Crippen LogP) is -0.648. The average molecular weight is 166 g/mol. The van der Waals surface area contributed by atoms with E-state index in [2.05, 4.69) is 9.97 Å². The molecule has 1 aromatic heterocycles. The third-order valence-corrected chi connectivity index (χ3v) is 1.38. The highest BCUT2D eigenvalue weighted by Gasteiger charge is 2.09. The van der Waals surface area contributed by atoms with Gasteiger partial charge in [-0.15, -0.1) is 0 Å². The zero-order valence-corrected chi connectivity index (χ0v) is 6.47. The summed E-state index contributed by atoms with van der Waals surface area (Å²) >= 11 is 0. The molecule has 0 fully saturated rings. The normalized spacial score (nSPS) is 12.4. The molecule has 1 heterocycles. The number of carbonyl (C=O) groups is 1. The summed E-state index contributed by atoms with van der Waals surface area (Å²) in [4.78, 5) is 18.2. The molecule has 4 N–H and O–H groups in total. The highest BCUT2D eigenvalue weighted by molar-refractivity contribution is 5.74. The maximum Gasteiger partial charge on any atom is 0.219 e. The Kier molecular flexibility index (Phi) is 2.71.